The summed E-state index contributed by atoms with van der Waals surface area (Å²) in [6.45, 7) is 9.42. The summed E-state index contributed by atoms with van der Waals surface area (Å²) in [5.41, 5.74) is 0. The van der Waals surface area contributed by atoms with E-state index in [1.165, 1.54) is 6.42 Å². The van der Waals surface area contributed by atoms with E-state index in [-0.39, 0.29) is 12.1 Å². The third-order valence-corrected chi connectivity index (χ3v) is 3.73. The molecule has 1 saturated carbocycles. The zero-order chi connectivity index (χ0) is 12.8. The summed E-state index contributed by atoms with van der Waals surface area (Å²) in [6.07, 6.45) is 3.90. The van der Waals surface area contributed by atoms with Crippen molar-refractivity contribution in [3.8, 4) is 0 Å². The van der Waals surface area contributed by atoms with Crippen molar-refractivity contribution in [2.45, 2.75) is 65.5 Å². The van der Waals surface area contributed by atoms with E-state index in [0.29, 0.717) is 18.4 Å². The van der Waals surface area contributed by atoms with E-state index in [1.54, 1.807) is 0 Å². The number of carbonyl (C=O) groups excluding carboxylic acids is 1. The normalized spacial score (nSPS) is 29.4. The van der Waals surface area contributed by atoms with Gasteiger partial charge in [0.25, 0.3) is 0 Å². The highest BCUT2D eigenvalue weighted by molar-refractivity contribution is 5.69. The fourth-order valence-electron chi connectivity index (χ4n) is 2.31. The van der Waals surface area contributed by atoms with Gasteiger partial charge in [0.1, 0.15) is 6.10 Å². The molecule has 0 bridgehead atoms. The van der Waals surface area contributed by atoms with Crippen molar-refractivity contribution in [2.24, 2.45) is 11.8 Å². The van der Waals surface area contributed by atoms with Crippen LogP contribution in [0.4, 0.5) is 0 Å². The lowest BCUT2D eigenvalue weighted by Gasteiger charge is -2.31. The number of ether oxygens (including phenoxy) is 1. The van der Waals surface area contributed by atoms with Gasteiger partial charge < -0.3 is 10.1 Å². The quantitative estimate of drug-likeness (QED) is 0.752. The predicted molar refractivity (Wildman–Crippen MR) is 69.8 cm³/mol. The SMILES string of the molecule is CC(C)NCCC(=O)OC1CCC(C)C(C)C1. The van der Waals surface area contributed by atoms with Crippen LogP contribution in [0.3, 0.4) is 0 Å². The molecule has 0 aromatic heterocycles. The standard InChI is InChI=1S/C14H27NO2/c1-10(2)15-8-7-14(16)17-13-6-5-11(3)12(4)9-13/h10-13,15H,5-9H2,1-4H3. The second kappa shape index (κ2) is 7.00. The summed E-state index contributed by atoms with van der Waals surface area (Å²) in [7, 11) is 0. The van der Waals surface area contributed by atoms with Gasteiger partial charge in [-0.25, -0.2) is 0 Å². The third kappa shape index (κ3) is 5.53. The molecule has 1 aliphatic carbocycles. The minimum Gasteiger partial charge on any atom is -0.462 e. The Morgan fingerprint density at radius 3 is 2.59 bits per heavy atom. The zero-order valence-electron chi connectivity index (χ0n) is 11.7. The molecule has 0 heterocycles. The van der Waals surface area contributed by atoms with E-state index in [1.807, 2.05) is 0 Å². The van der Waals surface area contributed by atoms with Crippen LogP contribution in [0.1, 0.15) is 53.4 Å². The maximum absolute atomic E-state index is 11.6. The van der Waals surface area contributed by atoms with Gasteiger partial charge in [0.15, 0.2) is 0 Å². The molecule has 17 heavy (non-hydrogen) atoms. The van der Waals surface area contributed by atoms with Gasteiger partial charge in [0.05, 0.1) is 6.42 Å². The van der Waals surface area contributed by atoms with Gasteiger partial charge >= 0.3 is 5.97 Å². The highest BCUT2D eigenvalue weighted by Gasteiger charge is 2.26. The van der Waals surface area contributed by atoms with Crippen LogP contribution < -0.4 is 5.32 Å². The van der Waals surface area contributed by atoms with Gasteiger partial charge in [-0.05, 0) is 31.1 Å². The molecule has 0 aromatic rings. The van der Waals surface area contributed by atoms with Crippen LogP contribution in [0.15, 0.2) is 0 Å². The number of rotatable bonds is 5. The number of nitrogens with one attached hydrogen (secondary N) is 1. The molecule has 0 aliphatic heterocycles. The fourth-order valence-corrected chi connectivity index (χ4v) is 2.31. The topological polar surface area (TPSA) is 38.3 Å². The first-order chi connectivity index (χ1) is 7.99. The van der Waals surface area contributed by atoms with Crippen LogP contribution >= 0.6 is 0 Å². The molecule has 100 valence electrons. The van der Waals surface area contributed by atoms with Crippen LogP contribution in [0.5, 0.6) is 0 Å². The molecular formula is C14H27NO2. The molecule has 3 nitrogen and oxygen atoms in total. The van der Waals surface area contributed by atoms with E-state index < -0.39 is 0 Å². The molecule has 0 amide bonds. The van der Waals surface area contributed by atoms with Crippen molar-refractivity contribution >= 4 is 5.97 Å². The highest BCUT2D eigenvalue weighted by atomic mass is 16.5. The fraction of sp³-hybridized carbons (Fsp3) is 0.929. The lowest BCUT2D eigenvalue weighted by atomic mass is 9.80. The molecule has 3 heteroatoms. The van der Waals surface area contributed by atoms with E-state index in [2.05, 4.69) is 33.0 Å². The largest absolute Gasteiger partial charge is 0.462 e. The van der Waals surface area contributed by atoms with Gasteiger partial charge in [-0.1, -0.05) is 27.7 Å². The maximum atomic E-state index is 11.6. The lowest BCUT2D eigenvalue weighted by Crippen LogP contribution is -2.30. The van der Waals surface area contributed by atoms with Gasteiger partial charge in [0, 0.05) is 12.6 Å². The van der Waals surface area contributed by atoms with Crippen molar-refractivity contribution in [3.63, 3.8) is 0 Å². The molecular weight excluding hydrogens is 214 g/mol. The van der Waals surface area contributed by atoms with Crippen molar-refractivity contribution in [3.05, 3.63) is 0 Å². The Morgan fingerprint density at radius 2 is 2.00 bits per heavy atom. The Labute approximate surface area is 105 Å². The molecule has 1 fully saturated rings. The zero-order valence-corrected chi connectivity index (χ0v) is 11.7. The van der Waals surface area contributed by atoms with Crippen molar-refractivity contribution in [1.29, 1.82) is 0 Å². The smallest absolute Gasteiger partial charge is 0.307 e. The predicted octanol–water partition coefficient (Wildman–Crippen LogP) is 2.74. The van der Waals surface area contributed by atoms with Crippen molar-refractivity contribution in [2.75, 3.05) is 6.54 Å². The lowest BCUT2D eigenvalue weighted by molar-refractivity contribution is -0.151. The Balaban J connectivity index is 2.18. The Hall–Kier alpha value is -0.570. The Kier molecular flexibility index (Phi) is 5.96. The summed E-state index contributed by atoms with van der Waals surface area (Å²) < 4.78 is 5.51. The van der Waals surface area contributed by atoms with E-state index in [4.69, 9.17) is 4.74 Å². The summed E-state index contributed by atoms with van der Waals surface area (Å²) in [4.78, 5) is 11.6. The van der Waals surface area contributed by atoms with Gasteiger partial charge in [-0.2, -0.15) is 0 Å². The molecule has 0 spiro atoms. The molecule has 0 radical (unpaired) electrons. The van der Waals surface area contributed by atoms with Crippen LogP contribution in [-0.2, 0) is 9.53 Å². The average Bonchev–Trinajstić information content (AvgIpc) is 2.23. The van der Waals surface area contributed by atoms with Crippen LogP contribution in [0.2, 0.25) is 0 Å². The molecule has 1 aliphatic rings. The molecule has 1 N–H and O–H groups in total. The van der Waals surface area contributed by atoms with Crippen LogP contribution in [0, 0.1) is 11.8 Å². The first-order valence-electron chi connectivity index (χ1n) is 6.92. The number of carbonyl (C=O) groups is 1. The number of esters is 1. The second-order valence-electron chi connectivity index (χ2n) is 5.74. The van der Waals surface area contributed by atoms with E-state index in [9.17, 15) is 4.79 Å². The molecule has 0 saturated heterocycles. The number of hydrogen-bond acceptors (Lipinski definition) is 3. The van der Waals surface area contributed by atoms with Gasteiger partial charge in [-0.3, -0.25) is 4.79 Å². The Morgan fingerprint density at radius 1 is 1.29 bits per heavy atom. The summed E-state index contributed by atoms with van der Waals surface area (Å²) in [6, 6.07) is 0.429. The summed E-state index contributed by atoms with van der Waals surface area (Å²) in [5, 5.41) is 3.23. The summed E-state index contributed by atoms with van der Waals surface area (Å²) >= 11 is 0. The first kappa shape index (κ1) is 14.5. The second-order valence-corrected chi connectivity index (χ2v) is 5.74. The molecule has 1 rings (SSSR count). The monoisotopic (exact) mass is 241 g/mol. The first-order valence-corrected chi connectivity index (χ1v) is 6.92. The minimum atomic E-state index is -0.0510. The van der Waals surface area contributed by atoms with E-state index in [0.717, 1.165) is 25.3 Å². The minimum absolute atomic E-state index is 0.0510. The van der Waals surface area contributed by atoms with Crippen LogP contribution in [0.25, 0.3) is 0 Å². The van der Waals surface area contributed by atoms with E-state index >= 15 is 0 Å². The molecule has 3 unspecified atom stereocenters. The highest BCUT2D eigenvalue weighted by Crippen LogP contribution is 2.30. The Bertz CT molecular complexity index is 240. The third-order valence-electron chi connectivity index (χ3n) is 3.73. The summed E-state index contributed by atoms with van der Waals surface area (Å²) in [5.74, 6) is 1.40. The molecule has 0 aromatic carbocycles. The number of hydrogen-bond donors (Lipinski definition) is 1. The average molecular weight is 241 g/mol. The van der Waals surface area contributed by atoms with Gasteiger partial charge in [0.2, 0.25) is 0 Å². The maximum Gasteiger partial charge on any atom is 0.307 e. The van der Waals surface area contributed by atoms with Crippen molar-refractivity contribution < 1.29 is 9.53 Å². The van der Waals surface area contributed by atoms with Crippen molar-refractivity contribution in [1.82, 2.24) is 5.32 Å². The molecule has 3 atom stereocenters. The van der Waals surface area contributed by atoms with Gasteiger partial charge in [-0.15, -0.1) is 0 Å². The van der Waals surface area contributed by atoms with Crippen LogP contribution in [-0.4, -0.2) is 24.7 Å².